The van der Waals surface area contributed by atoms with Crippen molar-refractivity contribution in [1.29, 1.82) is 0 Å². The first-order chi connectivity index (χ1) is 8.08. The van der Waals surface area contributed by atoms with Gasteiger partial charge in [-0.05, 0) is 48.5 Å². The van der Waals surface area contributed by atoms with Crippen molar-refractivity contribution >= 4 is 21.6 Å². The van der Waals surface area contributed by atoms with Gasteiger partial charge < -0.3 is 5.32 Å². The van der Waals surface area contributed by atoms with E-state index in [0.29, 0.717) is 11.6 Å². The number of anilines is 1. The topological polar surface area (TPSA) is 46.9 Å². The fourth-order valence-electron chi connectivity index (χ4n) is 1.94. The van der Waals surface area contributed by atoms with Crippen molar-refractivity contribution < 1.29 is 0 Å². The SMILES string of the molecule is CC(C)Nc1c(Br)cnn(CC2CCC2)c1=O. The molecule has 1 aliphatic carbocycles. The summed E-state index contributed by atoms with van der Waals surface area (Å²) < 4.78 is 2.32. The lowest BCUT2D eigenvalue weighted by molar-refractivity contribution is 0.262. The first-order valence-corrected chi connectivity index (χ1v) is 6.89. The van der Waals surface area contributed by atoms with Gasteiger partial charge in [-0.25, -0.2) is 4.68 Å². The van der Waals surface area contributed by atoms with Crippen LogP contribution in [0.3, 0.4) is 0 Å². The molecule has 0 atom stereocenters. The van der Waals surface area contributed by atoms with Crippen LogP contribution in [-0.4, -0.2) is 15.8 Å². The lowest BCUT2D eigenvalue weighted by atomic mass is 9.85. The molecule has 1 saturated carbocycles. The van der Waals surface area contributed by atoms with Gasteiger partial charge in [0.2, 0.25) is 0 Å². The summed E-state index contributed by atoms with van der Waals surface area (Å²) in [6.07, 6.45) is 5.42. The van der Waals surface area contributed by atoms with Crippen molar-refractivity contribution in [3.63, 3.8) is 0 Å². The predicted octanol–water partition coefficient (Wildman–Crippen LogP) is 2.63. The maximum Gasteiger partial charge on any atom is 0.291 e. The van der Waals surface area contributed by atoms with Gasteiger partial charge in [-0.1, -0.05) is 6.42 Å². The number of halogens is 1. The molecule has 2 rings (SSSR count). The lowest BCUT2D eigenvalue weighted by Gasteiger charge is -2.25. The standard InChI is InChI=1S/C12H18BrN3O/c1-8(2)15-11-10(13)6-14-16(12(11)17)7-9-4-3-5-9/h6,8-9,15H,3-5,7H2,1-2H3. The van der Waals surface area contributed by atoms with Crippen molar-refractivity contribution in [2.75, 3.05) is 5.32 Å². The molecule has 0 unspecified atom stereocenters. The van der Waals surface area contributed by atoms with E-state index in [1.54, 1.807) is 10.9 Å². The minimum Gasteiger partial charge on any atom is -0.377 e. The van der Waals surface area contributed by atoms with Gasteiger partial charge in [0.1, 0.15) is 5.69 Å². The Morgan fingerprint density at radius 1 is 1.59 bits per heavy atom. The van der Waals surface area contributed by atoms with Crippen LogP contribution in [0.2, 0.25) is 0 Å². The number of hydrogen-bond donors (Lipinski definition) is 1. The minimum absolute atomic E-state index is 0.0278. The van der Waals surface area contributed by atoms with E-state index in [1.807, 2.05) is 13.8 Å². The monoisotopic (exact) mass is 299 g/mol. The van der Waals surface area contributed by atoms with E-state index in [0.717, 1.165) is 11.0 Å². The molecule has 0 saturated heterocycles. The molecule has 1 N–H and O–H groups in total. The van der Waals surface area contributed by atoms with Crippen LogP contribution in [0.15, 0.2) is 15.5 Å². The Hall–Kier alpha value is -0.840. The quantitative estimate of drug-likeness (QED) is 0.930. The second-order valence-electron chi connectivity index (χ2n) is 4.95. The Bertz CT molecular complexity index is 452. The van der Waals surface area contributed by atoms with Crippen LogP contribution in [0.25, 0.3) is 0 Å². The highest BCUT2D eigenvalue weighted by atomic mass is 79.9. The van der Waals surface area contributed by atoms with Crippen LogP contribution in [0.4, 0.5) is 5.69 Å². The zero-order chi connectivity index (χ0) is 12.4. The van der Waals surface area contributed by atoms with Gasteiger partial charge >= 0.3 is 0 Å². The molecule has 0 spiro atoms. The fourth-order valence-corrected chi connectivity index (χ4v) is 2.31. The summed E-state index contributed by atoms with van der Waals surface area (Å²) >= 11 is 3.37. The normalized spacial score (nSPS) is 16.0. The molecule has 0 aromatic carbocycles. The molecule has 0 bridgehead atoms. The van der Waals surface area contributed by atoms with Gasteiger partial charge in [0, 0.05) is 12.6 Å². The van der Waals surface area contributed by atoms with Crippen LogP contribution in [-0.2, 0) is 6.54 Å². The minimum atomic E-state index is -0.0278. The molecule has 17 heavy (non-hydrogen) atoms. The first kappa shape index (κ1) is 12.6. The van der Waals surface area contributed by atoms with Gasteiger partial charge in [-0.3, -0.25) is 4.79 Å². The van der Waals surface area contributed by atoms with Crippen molar-refractivity contribution in [1.82, 2.24) is 9.78 Å². The first-order valence-electron chi connectivity index (χ1n) is 6.10. The average Bonchev–Trinajstić information content (AvgIpc) is 2.20. The summed E-state index contributed by atoms with van der Waals surface area (Å²) in [6, 6.07) is 0.235. The van der Waals surface area contributed by atoms with E-state index in [-0.39, 0.29) is 11.6 Å². The molecule has 1 heterocycles. The van der Waals surface area contributed by atoms with Gasteiger partial charge in [0.05, 0.1) is 10.7 Å². The van der Waals surface area contributed by atoms with Gasteiger partial charge in [-0.15, -0.1) is 0 Å². The molecule has 1 aromatic rings. The largest absolute Gasteiger partial charge is 0.377 e. The van der Waals surface area contributed by atoms with Crippen LogP contribution >= 0.6 is 15.9 Å². The van der Waals surface area contributed by atoms with E-state index in [1.165, 1.54) is 19.3 Å². The third-order valence-electron chi connectivity index (χ3n) is 3.09. The molecule has 1 aliphatic rings. The highest BCUT2D eigenvalue weighted by molar-refractivity contribution is 9.10. The van der Waals surface area contributed by atoms with Crippen LogP contribution in [0.5, 0.6) is 0 Å². The molecule has 0 amide bonds. The maximum atomic E-state index is 12.2. The Balaban J connectivity index is 2.24. The second-order valence-corrected chi connectivity index (χ2v) is 5.81. The molecule has 0 aliphatic heterocycles. The van der Waals surface area contributed by atoms with E-state index in [9.17, 15) is 4.79 Å². The van der Waals surface area contributed by atoms with Gasteiger partial charge in [-0.2, -0.15) is 5.10 Å². The summed E-state index contributed by atoms with van der Waals surface area (Å²) in [4.78, 5) is 12.2. The summed E-state index contributed by atoms with van der Waals surface area (Å²) in [6.45, 7) is 4.78. The fraction of sp³-hybridized carbons (Fsp3) is 0.667. The Morgan fingerprint density at radius 2 is 2.29 bits per heavy atom. The Morgan fingerprint density at radius 3 is 2.82 bits per heavy atom. The van der Waals surface area contributed by atoms with E-state index < -0.39 is 0 Å². The lowest BCUT2D eigenvalue weighted by Crippen LogP contribution is -2.31. The highest BCUT2D eigenvalue weighted by Crippen LogP contribution is 2.27. The third-order valence-corrected chi connectivity index (χ3v) is 3.69. The number of aromatic nitrogens is 2. The molecular formula is C12H18BrN3O. The predicted molar refractivity (Wildman–Crippen MR) is 72.3 cm³/mol. The number of rotatable bonds is 4. The summed E-state index contributed by atoms with van der Waals surface area (Å²) in [5.41, 5.74) is 0.592. The van der Waals surface area contributed by atoms with E-state index in [2.05, 4.69) is 26.3 Å². The molecule has 94 valence electrons. The van der Waals surface area contributed by atoms with Gasteiger partial charge in [0.15, 0.2) is 0 Å². The van der Waals surface area contributed by atoms with Crippen LogP contribution in [0.1, 0.15) is 33.1 Å². The number of nitrogens with zero attached hydrogens (tertiary/aromatic N) is 2. The summed E-state index contributed by atoms with van der Waals surface area (Å²) in [7, 11) is 0. The molecule has 4 nitrogen and oxygen atoms in total. The van der Waals surface area contributed by atoms with E-state index in [4.69, 9.17) is 0 Å². The van der Waals surface area contributed by atoms with Crippen molar-refractivity contribution in [2.45, 2.75) is 45.7 Å². The van der Waals surface area contributed by atoms with Crippen LogP contribution in [0, 0.1) is 5.92 Å². The summed E-state index contributed by atoms with van der Waals surface area (Å²) in [5, 5.41) is 7.36. The second kappa shape index (κ2) is 5.21. The van der Waals surface area contributed by atoms with Crippen molar-refractivity contribution in [2.24, 2.45) is 5.92 Å². The molecule has 5 heteroatoms. The van der Waals surface area contributed by atoms with Crippen LogP contribution < -0.4 is 10.9 Å². The van der Waals surface area contributed by atoms with Crippen molar-refractivity contribution in [3.8, 4) is 0 Å². The number of hydrogen-bond acceptors (Lipinski definition) is 3. The van der Waals surface area contributed by atoms with Gasteiger partial charge in [0.25, 0.3) is 5.56 Å². The third kappa shape index (κ3) is 2.89. The molecule has 0 radical (unpaired) electrons. The molecule has 1 fully saturated rings. The van der Waals surface area contributed by atoms with Crippen molar-refractivity contribution in [3.05, 3.63) is 21.0 Å². The smallest absolute Gasteiger partial charge is 0.291 e. The number of nitrogens with one attached hydrogen (secondary N) is 1. The van der Waals surface area contributed by atoms with E-state index >= 15 is 0 Å². The molecule has 1 aromatic heterocycles. The highest BCUT2D eigenvalue weighted by Gasteiger charge is 2.20. The zero-order valence-electron chi connectivity index (χ0n) is 10.2. The Kier molecular flexibility index (Phi) is 3.86. The summed E-state index contributed by atoms with van der Waals surface area (Å²) in [5.74, 6) is 0.633. The zero-order valence-corrected chi connectivity index (χ0v) is 11.8. The maximum absolute atomic E-state index is 12.2. The molecular weight excluding hydrogens is 282 g/mol. The average molecular weight is 300 g/mol. The Labute approximate surface area is 110 Å².